The average molecular weight is 284 g/mol. The lowest BCUT2D eigenvalue weighted by atomic mass is 9.68. The zero-order valence-corrected chi connectivity index (χ0v) is 14.6. The average Bonchev–Trinajstić information content (AvgIpc) is 2.32. The predicted molar refractivity (Wildman–Crippen MR) is 85.1 cm³/mol. The second kappa shape index (κ2) is 5.49. The summed E-state index contributed by atoms with van der Waals surface area (Å²) in [6.45, 7) is 14.3. The number of hydrogen-bond donors (Lipinski definition) is 1. The van der Waals surface area contributed by atoms with E-state index in [2.05, 4.69) is 39.2 Å². The number of nitrogens with one attached hydrogen (secondary N) is 1. The first-order valence-electron chi connectivity index (χ1n) is 8.13. The molecule has 2 aliphatic rings. The van der Waals surface area contributed by atoms with Gasteiger partial charge in [-0.05, 0) is 75.2 Å². The van der Waals surface area contributed by atoms with Gasteiger partial charge < -0.3 is 9.74 Å². The second-order valence-electron chi connectivity index (χ2n) is 8.33. The molecular weight excluding hydrogens is 250 g/mol. The molecule has 0 amide bonds. The lowest BCUT2D eigenvalue weighted by Gasteiger charge is -2.46. The summed E-state index contributed by atoms with van der Waals surface area (Å²) in [5, 5.41) is 3.85. The molecular formula is C16H33NOSi. The molecule has 112 valence electrons. The van der Waals surface area contributed by atoms with Gasteiger partial charge in [-0.1, -0.05) is 20.8 Å². The van der Waals surface area contributed by atoms with Gasteiger partial charge in [-0.25, -0.2) is 0 Å². The minimum absolute atomic E-state index is 0.344. The highest BCUT2D eigenvalue weighted by Crippen LogP contribution is 2.46. The van der Waals surface area contributed by atoms with Gasteiger partial charge in [0, 0.05) is 6.10 Å². The maximum atomic E-state index is 6.60. The van der Waals surface area contributed by atoms with Crippen LogP contribution in [0.2, 0.25) is 18.1 Å². The van der Waals surface area contributed by atoms with E-state index >= 15 is 0 Å². The third kappa shape index (κ3) is 3.62. The number of hydrogen-bond acceptors (Lipinski definition) is 2. The molecule has 0 atom stereocenters. The van der Waals surface area contributed by atoms with Crippen LogP contribution in [0.5, 0.6) is 0 Å². The smallest absolute Gasteiger partial charge is 0.192 e. The second-order valence-corrected chi connectivity index (χ2v) is 13.1. The topological polar surface area (TPSA) is 21.3 Å². The van der Waals surface area contributed by atoms with Gasteiger partial charge in [0.15, 0.2) is 8.32 Å². The lowest BCUT2D eigenvalue weighted by molar-refractivity contribution is 0.0499. The van der Waals surface area contributed by atoms with Crippen molar-refractivity contribution < 1.29 is 4.43 Å². The van der Waals surface area contributed by atoms with E-state index < -0.39 is 8.32 Å². The van der Waals surface area contributed by atoms with Crippen molar-refractivity contribution in [2.75, 3.05) is 13.1 Å². The summed E-state index contributed by atoms with van der Waals surface area (Å²) >= 11 is 0. The zero-order chi connectivity index (χ0) is 14.1. The Balaban J connectivity index is 1.86. The highest BCUT2D eigenvalue weighted by molar-refractivity contribution is 6.74. The van der Waals surface area contributed by atoms with Crippen LogP contribution in [0.25, 0.3) is 0 Å². The fourth-order valence-corrected chi connectivity index (χ4v) is 4.79. The standard InChI is InChI=1S/C16H33NOSi/c1-15(2,3)19(4,5)18-14-6-8-16(9-7-14)10-12-17-13-11-16/h14,17H,6-13H2,1-5H3. The molecule has 1 heterocycles. The molecule has 1 saturated heterocycles. The monoisotopic (exact) mass is 283 g/mol. The molecule has 1 N–H and O–H groups in total. The molecule has 2 nitrogen and oxygen atoms in total. The summed E-state index contributed by atoms with van der Waals surface area (Å²) < 4.78 is 6.60. The van der Waals surface area contributed by atoms with E-state index in [0.717, 1.165) is 0 Å². The van der Waals surface area contributed by atoms with Gasteiger partial charge in [0.25, 0.3) is 0 Å². The molecule has 2 rings (SSSR count). The fraction of sp³-hybridized carbons (Fsp3) is 1.00. The highest BCUT2D eigenvalue weighted by atomic mass is 28.4. The lowest BCUT2D eigenvalue weighted by Crippen LogP contribution is -2.46. The van der Waals surface area contributed by atoms with Crippen LogP contribution in [0.4, 0.5) is 0 Å². The highest BCUT2D eigenvalue weighted by Gasteiger charge is 2.42. The third-order valence-electron chi connectivity index (χ3n) is 5.92. The quantitative estimate of drug-likeness (QED) is 0.762. The van der Waals surface area contributed by atoms with Crippen LogP contribution < -0.4 is 5.32 Å². The van der Waals surface area contributed by atoms with Crippen LogP contribution in [0.15, 0.2) is 0 Å². The summed E-state index contributed by atoms with van der Waals surface area (Å²) in [6.07, 6.45) is 8.71. The molecule has 0 aromatic carbocycles. The minimum atomic E-state index is -1.57. The molecule has 0 radical (unpaired) electrons. The Morgan fingerprint density at radius 2 is 1.53 bits per heavy atom. The summed E-state index contributed by atoms with van der Waals surface area (Å²) in [7, 11) is -1.57. The third-order valence-corrected chi connectivity index (χ3v) is 10.5. The number of piperidine rings is 1. The van der Waals surface area contributed by atoms with Gasteiger partial charge >= 0.3 is 0 Å². The van der Waals surface area contributed by atoms with Crippen molar-refractivity contribution in [3.63, 3.8) is 0 Å². The summed E-state index contributed by atoms with van der Waals surface area (Å²) in [6, 6.07) is 0. The molecule has 0 aromatic heterocycles. The Kier molecular flexibility index (Phi) is 4.49. The van der Waals surface area contributed by atoms with E-state index in [-0.39, 0.29) is 0 Å². The van der Waals surface area contributed by atoms with Crippen LogP contribution in [0.1, 0.15) is 59.3 Å². The molecule has 19 heavy (non-hydrogen) atoms. The van der Waals surface area contributed by atoms with Crippen molar-refractivity contribution in [3.05, 3.63) is 0 Å². The van der Waals surface area contributed by atoms with Crippen molar-refractivity contribution >= 4 is 8.32 Å². The van der Waals surface area contributed by atoms with E-state index in [9.17, 15) is 0 Å². The largest absolute Gasteiger partial charge is 0.414 e. The van der Waals surface area contributed by atoms with E-state index in [4.69, 9.17) is 4.43 Å². The Labute approximate surface area is 120 Å². The van der Waals surface area contributed by atoms with E-state index in [1.54, 1.807) is 0 Å². The van der Waals surface area contributed by atoms with Crippen molar-refractivity contribution in [3.8, 4) is 0 Å². The summed E-state index contributed by atoms with van der Waals surface area (Å²) in [4.78, 5) is 0. The molecule has 2 fully saturated rings. The van der Waals surface area contributed by atoms with Crippen LogP contribution in [0.3, 0.4) is 0 Å². The van der Waals surface area contributed by atoms with Gasteiger partial charge in [-0.15, -0.1) is 0 Å². The summed E-state index contributed by atoms with van der Waals surface area (Å²) in [5.74, 6) is 0. The van der Waals surface area contributed by atoms with Crippen molar-refractivity contribution in [1.29, 1.82) is 0 Å². The van der Waals surface area contributed by atoms with E-state index in [1.807, 2.05) is 0 Å². The van der Waals surface area contributed by atoms with Gasteiger partial charge in [0.05, 0.1) is 0 Å². The van der Waals surface area contributed by atoms with E-state index in [0.29, 0.717) is 16.6 Å². The Bertz CT molecular complexity index is 292. The molecule has 1 aliphatic heterocycles. The Morgan fingerprint density at radius 3 is 2.00 bits per heavy atom. The molecule has 1 aliphatic carbocycles. The molecule has 3 heteroatoms. The maximum absolute atomic E-state index is 6.60. The predicted octanol–water partition coefficient (Wildman–Crippen LogP) is 4.32. The fourth-order valence-electron chi connectivity index (χ4n) is 3.37. The van der Waals surface area contributed by atoms with Crippen molar-refractivity contribution in [2.45, 2.75) is 83.5 Å². The molecule has 1 saturated carbocycles. The number of rotatable bonds is 2. The van der Waals surface area contributed by atoms with Gasteiger partial charge in [0.1, 0.15) is 0 Å². The SMILES string of the molecule is CC(C)(C)[Si](C)(C)OC1CCC2(CCNCC2)CC1. The molecule has 0 unspecified atom stereocenters. The van der Waals surface area contributed by atoms with Gasteiger partial charge in [0.2, 0.25) is 0 Å². The minimum Gasteiger partial charge on any atom is -0.414 e. The van der Waals surface area contributed by atoms with Crippen molar-refractivity contribution in [2.24, 2.45) is 5.41 Å². The molecule has 1 spiro atoms. The van der Waals surface area contributed by atoms with Gasteiger partial charge in [-0.2, -0.15) is 0 Å². The normalized spacial score (nSPS) is 25.7. The van der Waals surface area contributed by atoms with Crippen LogP contribution >= 0.6 is 0 Å². The Morgan fingerprint density at radius 1 is 1.00 bits per heavy atom. The maximum Gasteiger partial charge on any atom is 0.192 e. The van der Waals surface area contributed by atoms with Crippen LogP contribution in [0, 0.1) is 5.41 Å². The Hall–Kier alpha value is 0.137. The first kappa shape index (κ1) is 15.5. The van der Waals surface area contributed by atoms with Gasteiger partial charge in [-0.3, -0.25) is 0 Å². The first-order chi connectivity index (χ1) is 8.74. The zero-order valence-electron chi connectivity index (χ0n) is 13.6. The molecule has 0 aromatic rings. The first-order valence-corrected chi connectivity index (χ1v) is 11.0. The van der Waals surface area contributed by atoms with Crippen LogP contribution in [-0.4, -0.2) is 27.5 Å². The molecule has 0 bridgehead atoms. The van der Waals surface area contributed by atoms with Crippen LogP contribution in [-0.2, 0) is 4.43 Å². The van der Waals surface area contributed by atoms with Crippen molar-refractivity contribution in [1.82, 2.24) is 5.32 Å². The summed E-state index contributed by atoms with van der Waals surface area (Å²) in [5.41, 5.74) is 0.665. The van der Waals surface area contributed by atoms with E-state index in [1.165, 1.54) is 51.6 Å².